The molecule has 2 atom stereocenters. The number of carbonyl (C=O) groups is 2. The molecule has 0 radical (unpaired) electrons. The molecule has 0 aromatic heterocycles. The van der Waals surface area contributed by atoms with E-state index in [1.807, 2.05) is 13.8 Å². The zero-order valence-electron chi connectivity index (χ0n) is 14.4. The summed E-state index contributed by atoms with van der Waals surface area (Å²) < 4.78 is 0. The van der Waals surface area contributed by atoms with Crippen LogP contribution in [0.5, 0.6) is 0 Å². The normalized spacial score (nSPS) is 13.7. The summed E-state index contributed by atoms with van der Waals surface area (Å²) in [5.41, 5.74) is 0. The Kier molecular flexibility index (Phi) is 12.9. The Hall–Kier alpha value is -1.06. The van der Waals surface area contributed by atoms with Crippen LogP contribution < -0.4 is 0 Å². The molecular weight excluding hydrogens is 280 g/mol. The maximum atomic E-state index is 10.9. The van der Waals surface area contributed by atoms with E-state index in [1.165, 1.54) is 25.7 Å². The molecule has 0 saturated heterocycles. The molecule has 0 heterocycles. The average molecular weight is 314 g/mol. The third-order valence-corrected chi connectivity index (χ3v) is 4.54. The lowest BCUT2D eigenvalue weighted by molar-refractivity contribution is -0.143. The highest BCUT2D eigenvalue weighted by molar-refractivity contribution is 5.70. The highest BCUT2D eigenvalue weighted by Gasteiger charge is 2.14. The SMILES string of the molecule is CCC(CCCCCCCCCCC(CC)C(=O)O)C(=O)O. The lowest BCUT2D eigenvalue weighted by Gasteiger charge is -2.09. The van der Waals surface area contributed by atoms with Gasteiger partial charge >= 0.3 is 11.9 Å². The van der Waals surface area contributed by atoms with Gasteiger partial charge < -0.3 is 10.2 Å². The fraction of sp³-hybridized carbons (Fsp3) is 0.889. The van der Waals surface area contributed by atoms with Crippen molar-refractivity contribution >= 4 is 11.9 Å². The van der Waals surface area contributed by atoms with Crippen molar-refractivity contribution in [2.24, 2.45) is 11.8 Å². The van der Waals surface area contributed by atoms with Gasteiger partial charge in [0.25, 0.3) is 0 Å². The zero-order chi connectivity index (χ0) is 16.8. The summed E-state index contributed by atoms with van der Waals surface area (Å²) >= 11 is 0. The standard InChI is InChI=1S/C18H34O4/c1-3-15(17(19)20)13-11-9-7-5-6-8-10-12-14-16(4-2)18(21)22/h15-16H,3-14H2,1-2H3,(H,19,20)(H,21,22). The van der Waals surface area contributed by atoms with Gasteiger partial charge in [0, 0.05) is 0 Å². The number of hydrogen-bond acceptors (Lipinski definition) is 2. The monoisotopic (exact) mass is 314 g/mol. The molecule has 0 rings (SSSR count). The fourth-order valence-corrected chi connectivity index (χ4v) is 2.85. The number of aliphatic carboxylic acids is 2. The number of unbranched alkanes of at least 4 members (excludes halogenated alkanes) is 7. The molecule has 22 heavy (non-hydrogen) atoms. The van der Waals surface area contributed by atoms with Crippen molar-refractivity contribution in [3.05, 3.63) is 0 Å². The molecule has 4 heteroatoms. The highest BCUT2D eigenvalue weighted by atomic mass is 16.4. The lowest BCUT2D eigenvalue weighted by Crippen LogP contribution is -2.12. The first-order chi connectivity index (χ1) is 10.5. The average Bonchev–Trinajstić information content (AvgIpc) is 2.47. The largest absolute Gasteiger partial charge is 0.481 e. The van der Waals surface area contributed by atoms with E-state index in [1.54, 1.807) is 0 Å². The summed E-state index contributed by atoms with van der Waals surface area (Å²) in [7, 11) is 0. The smallest absolute Gasteiger partial charge is 0.306 e. The van der Waals surface area contributed by atoms with Gasteiger partial charge in [-0.25, -0.2) is 0 Å². The van der Waals surface area contributed by atoms with Gasteiger partial charge in [-0.2, -0.15) is 0 Å². The molecule has 0 bridgehead atoms. The maximum Gasteiger partial charge on any atom is 0.306 e. The van der Waals surface area contributed by atoms with Gasteiger partial charge in [0.1, 0.15) is 0 Å². The fourth-order valence-electron chi connectivity index (χ4n) is 2.85. The molecule has 0 aromatic carbocycles. The van der Waals surface area contributed by atoms with Gasteiger partial charge in [-0.05, 0) is 25.7 Å². The van der Waals surface area contributed by atoms with Gasteiger partial charge in [-0.3, -0.25) is 9.59 Å². The third-order valence-electron chi connectivity index (χ3n) is 4.54. The van der Waals surface area contributed by atoms with Crippen molar-refractivity contribution in [3.8, 4) is 0 Å². The zero-order valence-corrected chi connectivity index (χ0v) is 14.4. The molecule has 4 nitrogen and oxygen atoms in total. The summed E-state index contributed by atoms with van der Waals surface area (Å²) in [5, 5.41) is 17.9. The summed E-state index contributed by atoms with van der Waals surface area (Å²) in [5.74, 6) is -1.65. The van der Waals surface area contributed by atoms with E-state index >= 15 is 0 Å². The Labute approximate surface area is 135 Å². The van der Waals surface area contributed by atoms with Crippen LogP contribution >= 0.6 is 0 Å². The first-order valence-electron chi connectivity index (χ1n) is 8.98. The third kappa shape index (κ3) is 10.6. The topological polar surface area (TPSA) is 74.6 Å². The van der Waals surface area contributed by atoms with E-state index in [9.17, 15) is 9.59 Å². The second-order valence-electron chi connectivity index (χ2n) is 6.29. The van der Waals surface area contributed by atoms with Gasteiger partial charge in [-0.15, -0.1) is 0 Å². The van der Waals surface area contributed by atoms with E-state index in [0.717, 1.165) is 51.4 Å². The molecular formula is C18H34O4. The van der Waals surface area contributed by atoms with E-state index in [2.05, 4.69) is 0 Å². The molecule has 0 saturated carbocycles. The molecule has 0 amide bonds. The molecule has 130 valence electrons. The molecule has 2 unspecified atom stereocenters. The molecule has 0 aliphatic carbocycles. The van der Waals surface area contributed by atoms with Crippen LogP contribution in [0.3, 0.4) is 0 Å². The van der Waals surface area contributed by atoms with E-state index < -0.39 is 11.9 Å². The predicted molar refractivity (Wildman–Crippen MR) is 89.0 cm³/mol. The number of rotatable bonds is 15. The van der Waals surface area contributed by atoms with Crippen LogP contribution in [-0.2, 0) is 9.59 Å². The van der Waals surface area contributed by atoms with E-state index in [4.69, 9.17) is 10.2 Å². The lowest BCUT2D eigenvalue weighted by atomic mass is 9.97. The molecule has 2 N–H and O–H groups in total. The Bertz CT molecular complexity index is 271. The summed E-state index contributed by atoms with van der Waals surface area (Å²) in [4.78, 5) is 21.7. The predicted octanol–water partition coefficient (Wildman–Crippen LogP) is 5.11. The second-order valence-corrected chi connectivity index (χ2v) is 6.29. The van der Waals surface area contributed by atoms with Crippen LogP contribution in [0.15, 0.2) is 0 Å². The number of hydrogen-bond donors (Lipinski definition) is 2. The minimum absolute atomic E-state index is 0.166. The Morgan fingerprint density at radius 1 is 0.636 bits per heavy atom. The van der Waals surface area contributed by atoms with Crippen LogP contribution in [0.2, 0.25) is 0 Å². The van der Waals surface area contributed by atoms with Crippen molar-refractivity contribution < 1.29 is 19.8 Å². The van der Waals surface area contributed by atoms with Crippen LogP contribution in [0.4, 0.5) is 0 Å². The van der Waals surface area contributed by atoms with Gasteiger partial charge in [0.05, 0.1) is 11.8 Å². The number of carboxylic acids is 2. The molecule has 0 spiro atoms. The maximum absolute atomic E-state index is 10.9. The van der Waals surface area contributed by atoms with E-state index in [-0.39, 0.29) is 11.8 Å². The Morgan fingerprint density at radius 2 is 0.909 bits per heavy atom. The molecule has 0 fully saturated rings. The van der Waals surface area contributed by atoms with E-state index in [0.29, 0.717) is 0 Å². The van der Waals surface area contributed by atoms with Crippen molar-refractivity contribution in [2.75, 3.05) is 0 Å². The van der Waals surface area contributed by atoms with Crippen LogP contribution in [-0.4, -0.2) is 22.2 Å². The molecule has 0 aliphatic heterocycles. The van der Waals surface area contributed by atoms with Gasteiger partial charge in [-0.1, -0.05) is 65.2 Å². The van der Waals surface area contributed by atoms with Gasteiger partial charge in [0.2, 0.25) is 0 Å². The molecule has 0 aromatic rings. The summed E-state index contributed by atoms with van der Waals surface area (Å²) in [6.07, 6.45) is 12.1. The van der Waals surface area contributed by atoms with Crippen molar-refractivity contribution in [2.45, 2.75) is 90.9 Å². The Balaban J connectivity index is 3.37. The van der Waals surface area contributed by atoms with Crippen LogP contribution in [0.25, 0.3) is 0 Å². The first-order valence-corrected chi connectivity index (χ1v) is 8.98. The minimum Gasteiger partial charge on any atom is -0.481 e. The molecule has 0 aliphatic rings. The van der Waals surface area contributed by atoms with Crippen LogP contribution in [0, 0.1) is 11.8 Å². The summed E-state index contributed by atoms with van der Waals surface area (Å²) in [6.45, 7) is 3.87. The van der Waals surface area contributed by atoms with Crippen molar-refractivity contribution in [3.63, 3.8) is 0 Å². The minimum atomic E-state index is -0.658. The Morgan fingerprint density at radius 3 is 1.14 bits per heavy atom. The highest BCUT2D eigenvalue weighted by Crippen LogP contribution is 2.17. The van der Waals surface area contributed by atoms with Crippen molar-refractivity contribution in [1.82, 2.24) is 0 Å². The van der Waals surface area contributed by atoms with Crippen LogP contribution in [0.1, 0.15) is 90.9 Å². The number of carboxylic acid groups (broad SMARTS) is 2. The summed E-state index contributed by atoms with van der Waals surface area (Å²) in [6, 6.07) is 0. The first kappa shape index (κ1) is 20.9. The second kappa shape index (κ2) is 13.6. The van der Waals surface area contributed by atoms with Gasteiger partial charge in [0.15, 0.2) is 0 Å². The van der Waals surface area contributed by atoms with Crippen molar-refractivity contribution in [1.29, 1.82) is 0 Å². The quantitative estimate of drug-likeness (QED) is 0.412.